The van der Waals surface area contributed by atoms with E-state index in [4.69, 9.17) is 0 Å². The molecular weight excluding hydrogens is 347 g/mol. The molecule has 0 saturated carbocycles. The van der Waals surface area contributed by atoms with E-state index in [1.807, 2.05) is 6.92 Å². The third-order valence-electron chi connectivity index (χ3n) is 4.20. The average Bonchev–Trinajstić information content (AvgIpc) is 3.22. The summed E-state index contributed by atoms with van der Waals surface area (Å²) in [4.78, 5) is 34.9. The van der Waals surface area contributed by atoms with Crippen LogP contribution >= 0.6 is 0 Å². The van der Waals surface area contributed by atoms with Crippen LogP contribution in [-0.2, 0) is 0 Å². The Bertz CT molecular complexity index is 956. The second-order valence-corrected chi connectivity index (χ2v) is 5.85. The summed E-state index contributed by atoms with van der Waals surface area (Å²) in [5.74, 6) is -1.09. The normalized spacial score (nSPS) is 10.5. The van der Waals surface area contributed by atoms with Crippen molar-refractivity contribution in [3.8, 4) is 0 Å². The third-order valence-corrected chi connectivity index (χ3v) is 4.20. The molecule has 0 fully saturated rings. The second kappa shape index (κ2) is 7.82. The number of imidazole rings is 1. The summed E-state index contributed by atoms with van der Waals surface area (Å²) >= 11 is 0. The van der Waals surface area contributed by atoms with Gasteiger partial charge >= 0.3 is 0 Å². The van der Waals surface area contributed by atoms with Crippen molar-refractivity contribution in [3.63, 3.8) is 0 Å². The number of hydrogen-bond acceptors (Lipinski definition) is 3. The van der Waals surface area contributed by atoms with Gasteiger partial charge in [-0.2, -0.15) is 0 Å². The lowest BCUT2D eigenvalue weighted by Gasteiger charge is -2.24. The van der Waals surface area contributed by atoms with Gasteiger partial charge in [0.15, 0.2) is 5.82 Å². The molecule has 2 amide bonds. The highest BCUT2D eigenvalue weighted by molar-refractivity contribution is 6.07. The van der Waals surface area contributed by atoms with Gasteiger partial charge in [-0.25, -0.2) is 9.37 Å². The first-order chi connectivity index (χ1) is 13.0. The zero-order valence-electron chi connectivity index (χ0n) is 15.0. The fourth-order valence-corrected chi connectivity index (χ4v) is 2.75. The summed E-state index contributed by atoms with van der Waals surface area (Å²) in [6.45, 7) is 2.16. The smallest absolute Gasteiger partial charge is 0.293 e. The van der Waals surface area contributed by atoms with Gasteiger partial charge in [0.05, 0.1) is 5.56 Å². The SMILES string of the molecule is CCN(C(=O)c1ccccc1F)c1cccc(N(C)C(=O)c2ncc[nH]2)c1. The van der Waals surface area contributed by atoms with Crippen molar-refractivity contribution in [2.75, 3.05) is 23.4 Å². The highest BCUT2D eigenvalue weighted by atomic mass is 19.1. The Balaban J connectivity index is 1.90. The summed E-state index contributed by atoms with van der Waals surface area (Å²) in [6.07, 6.45) is 3.08. The molecule has 0 bridgehead atoms. The van der Waals surface area contributed by atoms with Gasteiger partial charge in [-0.3, -0.25) is 9.59 Å². The van der Waals surface area contributed by atoms with Gasteiger partial charge in [0, 0.05) is 37.4 Å². The Hall–Kier alpha value is -3.48. The monoisotopic (exact) mass is 366 g/mol. The number of H-pyrrole nitrogens is 1. The fraction of sp³-hybridized carbons (Fsp3) is 0.150. The summed E-state index contributed by atoms with van der Waals surface area (Å²) in [7, 11) is 1.62. The molecular formula is C20H19FN4O2. The van der Waals surface area contributed by atoms with E-state index in [1.54, 1.807) is 43.6 Å². The molecule has 1 N–H and O–H groups in total. The van der Waals surface area contributed by atoms with Crippen LogP contribution in [0.1, 0.15) is 27.9 Å². The molecule has 0 aliphatic heterocycles. The van der Waals surface area contributed by atoms with E-state index in [0.29, 0.717) is 17.9 Å². The standard InChI is InChI=1S/C20H19FN4O2/c1-3-25(19(26)16-9-4-5-10-17(16)21)15-8-6-7-14(13-15)24(2)20(27)18-22-11-12-23-18/h4-13H,3H2,1-2H3,(H,22,23). The minimum absolute atomic E-state index is 0.00442. The predicted octanol–water partition coefficient (Wildman–Crippen LogP) is 3.49. The molecule has 1 aromatic heterocycles. The third kappa shape index (κ3) is 3.72. The Morgan fingerprint density at radius 1 is 1.07 bits per heavy atom. The molecule has 3 rings (SSSR count). The number of nitrogens with zero attached hydrogens (tertiary/aromatic N) is 3. The van der Waals surface area contributed by atoms with Crippen LogP contribution in [0.2, 0.25) is 0 Å². The van der Waals surface area contributed by atoms with Crippen molar-refractivity contribution in [1.82, 2.24) is 9.97 Å². The lowest BCUT2D eigenvalue weighted by molar-refractivity contribution is 0.0977. The summed E-state index contributed by atoms with van der Waals surface area (Å²) < 4.78 is 14.0. The molecule has 2 aromatic carbocycles. The molecule has 0 spiro atoms. The number of carbonyl (C=O) groups excluding carboxylic acids is 2. The van der Waals surface area contributed by atoms with Gasteiger partial charge in [-0.05, 0) is 37.3 Å². The van der Waals surface area contributed by atoms with Gasteiger partial charge < -0.3 is 14.8 Å². The number of carbonyl (C=O) groups is 2. The summed E-state index contributed by atoms with van der Waals surface area (Å²) in [6, 6.07) is 12.8. The lowest BCUT2D eigenvalue weighted by Crippen LogP contribution is -2.32. The molecule has 27 heavy (non-hydrogen) atoms. The van der Waals surface area contributed by atoms with Crippen LogP contribution in [0.4, 0.5) is 15.8 Å². The molecule has 0 saturated heterocycles. The van der Waals surface area contributed by atoms with Crippen molar-refractivity contribution in [2.24, 2.45) is 0 Å². The van der Waals surface area contributed by atoms with Crippen LogP contribution in [0.15, 0.2) is 60.9 Å². The fourth-order valence-electron chi connectivity index (χ4n) is 2.75. The first kappa shape index (κ1) is 18.3. The quantitative estimate of drug-likeness (QED) is 0.751. The van der Waals surface area contributed by atoms with Crippen LogP contribution in [0.5, 0.6) is 0 Å². The molecule has 1 heterocycles. The molecule has 6 nitrogen and oxygen atoms in total. The Morgan fingerprint density at radius 3 is 2.48 bits per heavy atom. The first-order valence-corrected chi connectivity index (χ1v) is 8.46. The van der Waals surface area contributed by atoms with Crippen molar-refractivity contribution in [3.05, 3.63) is 78.1 Å². The number of aromatic amines is 1. The average molecular weight is 366 g/mol. The van der Waals surface area contributed by atoms with Gasteiger partial charge in [-0.15, -0.1) is 0 Å². The van der Waals surface area contributed by atoms with Gasteiger partial charge in [0.2, 0.25) is 0 Å². The maximum atomic E-state index is 14.0. The van der Waals surface area contributed by atoms with Crippen LogP contribution < -0.4 is 9.80 Å². The zero-order valence-corrected chi connectivity index (χ0v) is 15.0. The zero-order chi connectivity index (χ0) is 19.4. The summed E-state index contributed by atoms with van der Waals surface area (Å²) in [5, 5.41) is 0. The van der Waals surface area contributed by atoms with E-state index < -0.39 is 11.7 Å². The molecule has 0 radical (unpaired) electrons. The number of amides is 2. The number of anilines is 2. The predicted molar refractivity (Wildman–Crippen MR) is 102 cm³/mol. The topological polar surface area (TPSA) is 69.3 Å². The maximum absolute atomic E-state index is 14.0. The second-order valence-electron chi connectivity index (χ2n) is 5.85. The van der Waals surface area contributed by atoms with Gasteiger partial charge in [0.1, 0.15) is 5.82 Å². The van der Waals surface area contributed by atoms with Crippen molar-refractivity contribution in [2.45, 2.75) is 6.92 Å². The van der Waals surface area contributed by atoms with E-state index in [0.717, 1.165) is 0 Å². The van der Waals surface area contributed by atoms with E-state index in [9.17, 15) is 14.0 Å². The lowest BCUT2D eigenvalue weighted by atomic mass is 10.1. The minimum atomic E-state index is -0.567. The Labute approximate surface area is 156 Å². The van der Waals surface area contributed by atoms with Crippen molar-refractivity contribution < 1.29 is 14.0 Å². The van der Waals surface area contributed by atoms with Crippen LogP contribution in [-0.4, -0.2) is 35.4 Å². The van der Waals surface area contributed by atoms with E-state index >= 15 is 0 Å². The van der Waals surface area contributed by atoms with E-state index in [1.165, 1.54) is 34.2 Å². The van der Waals surface area contributed by atoms with Gasteiger partial charge in [0.25, 0.3) is 11.8 Å². The van der Waals surface area contributed by atoms with Crippen LogP contribution in [0.3, 0.4) is 0 Å². The Morgan fingerprint density at radius 2 is 1.81 bits per heavy atom. The molecule has 7 heteroatoms. The number of aromatic nitrogens is 2. The molecule has 0 atom stereocenters. The molecule has 3 aromatic rings. The molecule has 0 aliphatic carbocycles. The summed E-state index contributed by atoms with van der Waals surface area (Å²) in [5.41, 5.74) is 1.17. The highest BCUT2D eigenvalue weighted by Gasteiger charge is 2.21. The number of hydrogen-bond donors (Lipinski definition) is 1. The van der Waals surface area contributed by atoms with Crippen LogP contribution in [0, 0.1) is 5.82 Å². The molecule has 0 aliphatic rings. The Kier molecular flexibility index (Phi) is 5.30. The number of benzene rings is 2. The van der Waals surface area contributed by atoms with Crippen molar-refractivity contribution in [1.29, 1.82) is 0 Å². The number of rotatable bonds is 5. The van der Waals surface area contributed by atoms with Crippen molar-refractivity contribution >= 4 is 23.2 Å². The number of nitrogens with one attached hydrogen (secondary N) is 1. The maximum Gasteiger partial charge on any atom is 0.293 e. The van der Waals surface area contributed by atoms with E-state index in [-0.39, 0.29) is 17.3 Å². The first-order valence-electron chi connectivity index (χ1n) is 8.46. The molecule has 0 unspecified atom stereocenters. The number of halogens is 1. The molecule has 138 valence electrons. The van der Waals surface area contributed by atoms with Gasteiger partial charge in [-0.1, -0.05) is 18.2 Å². The minimum Gasteiger partial charge on any atom is -0.341 e. The highest BCUT2D eigenvalue weighted by Crippen LogP contribution is 2.24. The van der Waals surface area contributed by atoms with Crippen LogP contribution in [0.25, 0.3) is 0 Å². The van der Waals surface area contributed by atoms with E-state index in [2.05, 4.69) is 9.97 Å². The largest absolute Gasteiger partial charge is 0.341 e.